The quantitative estimate of drug-likeness (QED) is 0.509. The van der Waals surface area contributed by atoms with Crippen LogP contribution in [0.5, 0.6) is 0 Å². The summed E-state index contributed by atoms with van der Waals surface area (Å²) in [5, 5.41) is 3.15. The van der Waals surface area contributed by atoms with Crippen LogP contribution in [0, 0.1) is 23.1 Å². The van der Waals surface area contributed by atoms with E-state index in [1.165, 1.54) is 12.1 Å². The van der Waals surface area contributed by atoms with E-state index in [4.69, 9.17) is 9.31 Å². The van der Waals surface area contributed by atoms with E-state index in [9.17, 15) is 14.0 Å². The van der Waals surface area contributed by atoms with Crippen LogP contribution < -0.4 is 10.2 Å². The Hall–Kier alpha value is -2.91. The molecule has 2 saturated heterocycles. The van der Waals surface area contributed by atoms with Crippen LogP contribution in [0.15, 0.2) is 54.6 Å². The van der Waals surface area contributed by atoms with E-state index in [0.717, 1.165) is 24.1 Å². The number of hydrogen-bond acceptors (Lipinski definition) is 4. The normalized spacial score (nSPS) is 29.7. The Balaban J connectivity index is 1.12. The van der Waals surface area contributed by atoms with Crippen molar-refractivity contribution in [2.45, 2.75) is 64.1 Å². The van der Waals surface area contributed by atoms with Crippen LogP contribution in [0.2, 0.25) is 0 Å². The Morgan fingerprint density at radius 3 is 2.56 bits per heavy atom. The molecule has 3 amide bonds. The molecule has 206 valence electrons. The number of amides is 3. The monoisotopic (exact) mass is 533 g/mol. The highest BCUT2D eigenvalue weighted by atomic mass is 19.1. The second-order valence-electron chi connectivity index (χ2n) is 12.3. The van der Waals surface area contributed by atoms with Crippen LogP contribution in [0.1, 0.15) is 45.6 Å². The molecule has 2 aromatic rings. The molecule has 7 rings (SSSR count). The van der Waals surface area contributed by atoms with Gasteiger partial charge in [0, 0.05) is 31.7 Å². The number of rotatable bonds is 8. The summed E-state index contributed by atoms with van der Waals surface area (Å²) in [4.78, 5) is 29.6. The van der Waals surface area contributed by atoms with Crippen molar-refractivity contribution in [3.8, 4) is 0 Å². The van der Waals surface area contributed by atoms with Crippen LogP contribution in [-0.4, -0.2) is 61.2 Å². The topological polar surface area (TPSA) is 71.1 Å². The smallest absolute Gasteiger partial charge is 0.404 e. The van der Waals surface area contributed by atoms with Crippen molar-refractivity contribution >= 4 is 24.7 Å². The van der Waals surface area contributed by atoms with Gasteiger partial charge in [-0.1, -0.05) is 44.2 Å². The van der Waals surface area contributed by atoms with Crippen molar-refractivity contribution in [2.75, 3.05) is 24.5 Å². The van der Waals surface area contributed by atoms with Gasteiger partial charge in [-0.25, -0.2) is 9.18 Å². The summed E-state index contributed by atoms with van der Waals surface area (Å²) in [6, 6.07) is 15.8. The van der Waals surface area contributed by atoms with Crippen molar-refractivity contribution in [3.05, 3.63) is 66.0 Å². The molecule has 2 unspecified atom stereocenters. The molecule has 0 aromatic heterocycles. The fourth-order valence-electron chi connectivity index (χ4n) is 7.31. The first-order valence-electron chi connectivity index (χ1n) is 14.1. The number of nitrogens with zero attached hydrogens (tertiary/aromatic N) is 2. The van der Waals surface area contributed by atoms with Gasteiger partial charge < -0.3 is 19.5 Å². The van der Waals surface area contributed by atoms with Gasteiger partial charge >= 0.3 is 13.1 Å². The van der Waals surface area contributed by atoms with Gasteiger partial charge in [-0.15, -0.1) is 0 Å². The summed E-state index contributed by atoms with van der Waals surface area (Å²) < 4.78 is 26.7. The number of hydrogen-bond donors (Lipinski definition) is 1. The molecule has 2 bridgehead atoms. The lowest BCUT2D eigenvalue weighted by molar-refractivity contribution is -0.199. The third-order valence-electron chi connectivity index (χ3n) is 9.78. The molecule has 9 heteroatoms. The molecule has 5 atom stereocenters. The maximum absolute atomic E-state index is 13.6. The van der Waals surface area contributed by atoms with Crippen LogP contribution in [-0.2, 0) is 20.5 Å². The molecule has 3 aliphatic carbocycles. The van der Waals surface area contributed by atoms with E-state index in [1.807, 2.05) is 30.3 Å². The molecule has 39 heavy (non-hydrogen) atoms. The summed E-state index contributed by atoms with van der Waals surface area (Å²) >= 11 is 0. The predicted molar refractivity (Wildman–Crippen MR) is 148 cm³/mol. The molecule has 2 aliphatic heterocycles. The van der Waals surface area contributed by atoms with Gasteiger partial charge in [0.2, 0.25) is 5.91 Å². The Bertz CT molecular complexity index is 1230. The number of nitrogens with one attached hydrogen (secondary N) is 1. The summed E-state index contributed by atoms with van der Waals surface area (Å²) in [6.45, 7) is 8.31. The number of benzene rings is 2. The number of urea groups is 1. The minimum atomic E-state index is -0.592. The highest BCUT2D eigenvalue weighted by molar-refractivity contribution is 6.48. The maximum atomic E-state index is 13.6. The molecule has 7 nitrogen and oxygen atoms in total. The minimum Gasteiger partial charge on any atom is -0.404 e. The average molecular weight is 533 g/mol. The van der Waals surface area contributed by atoms with Crippen molar-refractivity contribution < 1.29 is 23.3 Å². The first kappa shape index (κ1) is 26.3. The van der Waals surface area contributed by atoms with Gasteiger partial charge in [-0.05, 0) is 73.3 Å². The summed E-state index contributed by atoms with van der Waals surface area (Å²) in [5.74, 6) is 0.148. The zero-order valence-electron chi connectivity index (χ0n) is 22.9. The molecule has 5 aliphatic rings. The van der Waals surface area contributed by atoms with E-state index in [0.29, 0.717) is 37.9 Å². The average Bonchev–Trinajstić information content (AvgIpc) is 3.47. The van der Waals surface area contributed by atoms with Crippen molar-refractivity contribution in [1.82, 2.24) is 10.2 Å². The Labute approximate surface area is 230 Å². The molecular formula is C30H37BFN3O4. The van der Waals surface area contributed by atoms with Gasteiger partial charge in [-0.2, -0.15) is 0 Å². The number of anilines is 1. The van der Waals surface area contributed by atoms with E-state index in [2.05, 4.69) is 26.1 Å². The predicted octanol–water partition coefficient (Wildman–Crippen LogP) is 4.45. The molecule has 0 radical (unpaired) electrons. The molecule has 1 N–H and O–H groups in total. The lowest BCUT2D eigenvalue weighted by Crippen LogP contribution is -2.65. The second kappa shape index (κ2) is 9.93. The Morgan fingerprint density at radius 2 is 1.85 bits per heavy atom. The fraction of sp³-hybridized carbons (Fsp3) is 0.533. The van der Waals surface area contributed by atoms with Crippen LogP contribution in [0.25, 0.3) is 0 Å². The molecule has 3 saturated carbocycles. The highest BCUT2D eigenvalue weighted by Gasteiger charge is 2.68. The maximum Gasteiger partial charge on any atom is 0.482 e. The molecule has 2 aromatic carbocycles. The van der Waals surface area contributed by atoms with Gasteiger partial charge in [0.15, 0.2) is 0 Å². The van der Waals surface area contributed by atoms with Crippen molar-refractivity contribution in [1.29, 1.82) is 0 Å². The lowest BCUT2D eigenvalue weighted by Gasteiger charge is -2.64. The lowest BCUT2D eigenvalue weighted by atomic mass is 9.43. The number of carbonyl (C=O) groups is 2. The van der Waals surface area contributed by atoms with E-state index in [-0.39, 0.29) is 35.7 Å². The SMILES string of the molecule is CC1(C)C2CC1[C@]1(C)OB([C@H](Cc3ccc(F)cc3)NC(=O)CCN3CCN(c4ccccc4)C3=O)O[C@@H]1C2. The minimum absolute atomic E-state index is 0.00177. The Morgan fingerprint density at radius 1 is 1.10 bits per heavy atom. The van der Waals surface area contributed by atoms with Crippen LogP contribution in [0.4, 0.5) is 14.9 Å². The zero-order valence-corrected chi connectivity index (χ0v) is 22.9. The van der Waals surface area contributed by atoms with E-state index in [1.54, 1.807) is 21.9 Å². The van der Waals surface area contributed by atoms with Crippen LogP contribution >= 0.6 is 0 Å². The number of carbonyl (C=O) groups excluding carboxylic acids is 2. The fourth-order valence-corrected chi connectivity index (χ4v) is 7.31. The molecule has 0 spiro atoms. The van der Waals surface area contributed by atoms with Gasteiger partial charge in [0.1, 0.15) is 5.82 Å². The highest BCUT2D eigenvalue weighted by Crippen LogP contribution is 2.65. The van der Waals surface area contributed by atoms with E-state index >= 15 is 0 Å². The van der Waals surface area contributed by atoms with E-state index < -0.39 is 18.7 Å². The molecular weight excluding hydrogens is 496 g/mol. The Kier molecular flexibility index (Phi) is 6.70. The van der Waals surface area contributed by atoms with Gasteiger partial charge in [-0.3, -0.25) is 9.69 Å². The molecule has 5 fully saturated rings. The zero-order chi connectivity index (χ0) is 27.4. The largest absolute Gasteiger partial charge is 0.482 e. The van der Waals surface area contributed by atoms with Gasteiger partial charge in [0.25, 0.3) is 0 Å². The first-order chi connectivity index (χ1) is 18.6. The second-order valence-corrected chi connectivity index (χ2v) is 12.3. The summed E-state index contributed by atoms with van der Waals surface area (Å²) in [6.07, 6.45) is 2.75. The van der Waals surface area contributed by atoms with Crippen molar-refractivity contribution in [2.24, 2.45) is 17.3 Å². The van der Waals surface area contributed by atoms with Crippen LogP contribution in [0.3, 0.4) is 0 Å². The third-order valence-corrected chi connectivity index (χ3v) is 9.78. The first-order valence-corrected chi connectivity index (χ1v) is 14.1. The molecule has 2 heterocycles. The number of para-hydroxylation sites is 1. The van der Waals surface area contributed by atoms with Gasteiger partial charge in [0.05, 0.1) is 17.6 Å². The summed E-state index contributed by atoms with van der Waals surface area (Å²) in [5.41, 5.74) is 1.58. The summed E-state index contributed by atoms with van der Waals surface area (Å²) in [7, 11) is -0.592. The third kappa shape index (κ3) is 4.74. The number of halogens is 1. The standard InChI is InChI=1S/C30H37BFN3O4/c1-29(2)21-18-24(29)30(3)25(19-21)38-31(39-30)26(17-20-9-11-22(32)12-10-20)33-27(36)13-14-34-15-16-35(28(34)37)23-7-5-4-6-8-23/h4-12,21,24-26H,13-19H2,1-3H3,(H,33,36)/t21?,24?,25-,26+,30+/m1/s1. The van der Waals surface area contributed by atoms with Crippen molar-refractivity contribution in [3.63, 3.8) is 0 Å².